The van der Waals surface area contributed by atoms with Gasteiger partial charge in [-0.1, -0.05) is 0 Å². The molecule has 1 aromatic rings. The minimum atomic E-state index is -0.337. The average molecular weight is 248 g/mol. The summed E-state index contributed by atoms with van der Waals surface area (Å²) in [6.45, 7) is 5.29. The van der Waals surface area contributed by atoms with Crippen molar-refractivity contribution in [3.05, 3.63) is 29.8 Å². The third-order valence-electron chi connectivity index (χ3n) is 2.57. The fraction of sp³-hybridized carbons (Fsp3) is 0.429. The number of anilines is 1. The van der Waals surface area contributed by atoms with Crippen molar-refractivity contribution in [3.8, 4) is 0 Å². The van der Waals surface area contributed by atoms with Crippen LogP contribution in [-0.2, 0) is 4.79 Å². The summed E-state index contributed by atoms with van der Waals surface area (Å²) in [6, 6.07) is 6.85. The monoisotopic (exact) mass is 248 g/mol. The summed E-state index contributed by atoms with van der Waals surface area (Å²) in [4.78, 5) is 22.7. The Morgan fingerprint density at radius 3 is 2.22 bits per heavy atom. The standard InChI is InChI=1S/C14H20N2O2/c1-10(17)11-4-6-12(7-5-11)16-13(18)8-9-14(2,3)15/h4-7H,8-9,15H2,1-3H3,(H,16,18). The normalized spacial score (nSPS) is 11.1. The van der Waals surface area contributed by atoms with Crippen molar-refractivity contribution in [1.29, 1.82) is 0 Å². The molecule has 4 heteroatoms. The largest absolute Gasteiger partial charge is 0.326 e. The molecule has 0 aliphatic heterocycles. The Balaban J connectivity index is 2.52. The number of ketones is 1. The molecule has 4 nitrogen and oxygen atoms in total. The molecule has 1 rings (SSSR count). The van der Waals surface area contributed by atoms with Crippen molar-refractivity contribution in [3.63, 3.8) is 0 Å². The first-order valence-corrected chi connectivity index (χ1v) is 5.98. The zero-order valence-electron chi connectivity index (χ0n) is 11.1. The molecule has 0 saturated carbocycles. The zero-order valence-corrected chi connectivity index (χ0v) is 11.1. The minimum absolute atomic E-state index is 0.0118. The van der Waals surface area contributed by atoms with E-state index in [-0.39, 0.29) is 17.2 Å². The average Bonchev–Trinajstić information content (AvgIpc) is 2.26. The Morgan fingerprint density at radius 1 is 1.22 bits per heavy atom. The van der Waals surface area contributed by atoms with Crippen LogP contribution in [0.2, 0.25) is 0 Å². The van der Waals surface area contributed by atoms with Gasteiger partial charge in [0, 0.05) is 23.2 Å². The summed E-state index contributed by atoms with van der Waals surface area (Å²) < 4.78 is 0. The lowest BCUT2D eigenvalue weighted by atomic mass is 10.00. The van der Waals surface area contributed by atoms with E-state index in [2.05, 4.69) is 5.32 Å². The fourth-order valence-corrected chi connectivity index (χ4v) is 1.45. The number of nitrogens with two attached hydrogens (primary N) is 1. The summed E-state index contributed by atoms with van der Waals surface area (Å²) in [5.41, 5.74) is 6.80. The number of hydrogen-bond acceptors (Lipinski definition) is 3. The van der Waals surface area contributed by atoms with Gasteiger partial charge in [-0.3, -0.25) is 9.59 Å². The van der Waals surface area contributed by atoms with Crippen LogP contribution >= 0.6 is 0 Å². The number of nitrogens with one attached hydrogen (secondary N) is 1. The molecule has 0 aromatic heterocycles. The van der Waals surface area contributed by atoms with Gasteiger partial charge in [-0.15, -0.1) is 0 Å². The molecule has 0 aliphatic rings. The van der Waals surface area contributed by atoms with E-state index in [0.29, 0.717) is 24.1 Å². The van der Waals surface area contributed by atoms with E-state index < -0.39 is 0 Å². The van der Waals surface area contributed by atoms with Gasteiger partial charge in [0.2, 0.25) is 5.91 Å². The summed E-state index contributed by atoms with van der Waals surface area (Å²) in [5, 5.41) is 2.77. The van der Waals surface area contributed by atoms with Crippen LogP contribution in [0, 0.1) is 0 Å². The highest BCUT2D eigenvalue weighted by Gasteiger charge is 2.13. The van der Waals surface area contributed by atoms with Gasteiger partial charge < -0.3 is 11.1 Å². The third-order valence-corrected chi connectivity index (χ3v) is 2.57. The predicted molar refractivity (Wildman–Crippen MR) is 72.6 cm³/mol. The van der Waals surface area contributed by atoms with Crippen molar-refractivity contribution >= 4 is 17.4 Å². The molecule has 1 aromatic carbocycles. The lowest BCUT2D eigenvalue weighted by Crippen LogP contribution is -2.33. The molecule has 0 unspecified atom stereocenters. The van der Waals surface area contributed by atoms with Crippen LogP contribution in [0.1, 0.15) is 44.0 Å². The number of benzene rings is 1. The number of amides is 1. The Labute approximate surface area is 108 Å². The van der Waals surface area contributed by atoms with E-state index in [0.717, 1.165) is 0 Å². The summed E-state index contributed by atoms with van der Waals surface area (Å²) in [7, 11) is 0. The maximum atomic E-state index is 11.6. The fourth-order valence-electron chi connectivity index (χ4n) is 1.45. The highest BCUT2D eigenvalue weighted by Crippen LogP contribution is 2.12. The van der Waals surface area contributed by atoms with Crippen LogP contribution in [0.3, 0.4) is 0 Å². The van der Waals surface area contributed by atoms with Crippen LogP contribution in [-0.4, -0.2) is 17.2 Å². The number of Topliss-reactive ketones (excluding diaryl/α,β-unsaturated/α-hetero) is 1. The molecule has 0 fully saturated rings. The van der Waals surface area contributed by atoms with Gasteiger partial charge in [-0.05, 0) is 51.5 Å². The maximum Gasteiger partial charge on any atom is 0.224 e. The molecule has 0 aliphatic carbocycles. The summed E-state index contributed by atoms with van der Waals surface area (Å²) in [6.07, 6.45) is 1.02. The highest BCUT2D eigenvalue weighted by molar-refractivity contribution is 5.95. The molecular formula is C14H20N2O2. The maximum absolute atomic E-state index is 11.6. The second-order valence-corrected chi connectivity index (χ2v) is 5.17. The molecular weight excluding hydrogens is 228 g/mol. The van der Waals surface area contributed by atoms with Gasteiger partial charge in [0.05, 0.1) is 0 Å². The van der Waals surface area contributed by atoms with Gasteiger partial charge in [0.1, 0.15) is 0 Å². The van der Waals surface area contributed by atoms with Gasteiger partial charge >= 0.3 is 0 Å². The molecule has 0 heterocycles. The van der Waals surface area contributed by atoms with E-state index >= 15 is 0 Å². The second kappa shape index (κ2) is 5.78. The van der Waals surface area contributed by atoms with Crippen molar-refractivity contribution < 1.29 is 9.59 Å². The first kappa shape index (κ1) is 14.4. The van der Waals surface area contributed by atoms with E-state index in [1.165, 1.54) is 6.92 Å². The quantitative estimate of drug-likeness (QED) is 0.786. The van der Waals surface area contributed by atoms with Crippen molar-refractivity contribution in [2.45, 2.75) is 39.2 Å². The first-order valence-electron chi connectivity index (χ1n) is 5.98. The third kappa shape index (κ3) is 5.10. The number of carbonyl (C=O) groups excluding carboxylic acids is 2. The van der Waals surface area contributed by atoms with Gasteiger partial charge in [-0.2, -0.15) is 0 Å². The van der Waals surface area contributed by atoms with E-state index in [4.69, 9.17) is 5.73 Å². The van der Waals surface area contributed by atoms with Crippen LogP contribution in [0.5, 0.6) is 0 Å². The van der Waals surface area contributed by atoms with E-state index in [1.807, 2.05) is 13.8 Å². The molecule has 1 amide bonds. The number of carbonyl (C=O) groups is 2. The lowest BCUT2D eigenvalue weighted by molar-refractivity contribution is -0.116. The minimum Gasteiger partial charge on any atom is -0.326 e. The molecule has 0 saturated heterocycles. The molecule has 0 spiro atoms. The van der Waals surface area contributed by atoms with Gasteiger partial charge in [0.15, 0.2) is 5.78 Å². The molecule has 0 bridgehead atoms. The molecule has 0 atom stereocenters. The zero-order chi connectivity index (χ0) is 13.8. The van der Waals surface area contributed by atoms with Crippen LogP contribution in [0.15, 0.2) is 24.3 Å². The summed E-state index contributed by atoms with van der Waals surface area (Å²) in [5.74, 6) is -0.0538. The van der Waals surface area contributed by atoms with Crippen molar-refractivity contribution in [2.24, 2.45) is 5.73 Å². The van der Waals surface area contributed by atoms with Gasteiger partial charge in [-0.25, -0.2) is 0 Å². The SMILES string of the molecule is CC(=O)c1ccc(NC(=O)CCC(C)(C)N)cc1. The Kier molecular flexibility index (Phi) is 4.62. The predicted octanol–water partition coefficient (Wildman–Crippen LogP) is 2.35. The Morgan fingerprint density at radius 2 is 1.78 bits per heavy atom. The Hall–Kier alpha value is -1.68. The molecule has 18 heavy (non-hydrogen) atoms. The molecule has 3 N–H and O–H groups in total. The van der Waals surface area contributed by atoms with Crippen LogP contribution < -0.4 is 11.1 Å². The second-order valence-electron chi connectivity index (χ2n) is 5.17. The van der Waals surface area contributed by atoms with Crippen molar-refractivity contribution in [1.82, 2.24) is 0 Å². The topological polar surface area (TPSA) is 72.2 Å². The molecule has 98 valence electrons. The number of rotatable bonds is 5. The van der Waals surface area contributed by atoms with Crippen LogP contribution in [0.4, 0.5) is 5.69 Å². The first-order chi connectivity index (χ1) is 8.28. The Bertz CT molecular complexity index is 430. The molecule has 0 radical (unpaired) electrons. The van der Waals surface area contributed by atoms with Crippen molar-refractivity contribution in [2.75, 3.05) is 5.32 Å². The highest BCUT2D eigenvalue weighted by atomic mass is 16.1. The number of hydrogen-bond donors (Lipinski definition) is 2. The van der Waals surface area contributed by atoms with E-state index in [9.17, 15) is 9.59 Å². The van der Waals surface area contributed by atoms with Crippen LogP contribution in [0.25, 0.3) is 0 Å². The lowest BCUT2D eigenvalue weighted by Gasteiger charge is -2.17. The van der Waals surface area contributed by atoms with E-state index in [1.54, 1.807) is 24.3 Å². The smallest absolute Gasteiger partial charge is 0.224 e. The summed E-state index contributed by atoms with van der Waals surface area (Å²) >= 11 is 0. The van der Waals surface area contributed by atoms with Gasteiger partial charge in [0.25, 0.3) is 0 Å².